The summed E-state index contributed by atoms with van der Waals surface area (Å²) < 4.78 is 32.1. The monoisotopic (exact) mass is 299 g/mol. The first-order chi connectivity index (χ1) is 9.49. The van der Waals surface area contributed by atoms with Gasteiger partial charge in [0.15, 0.2) is 0 Å². The van der Waals surface area contributed by atoms with Gasteiger partial charge in [-0.15, -0.1) is 0 Å². The molecule has 0 saturated heterocycles. The molecule has 1 N–H and O–H groups in total. The van der Waals surface area contributed by atoms with Crippen LogP contribution >= 0.6 is 0 Å². The van der Waals surface area contributed by atoms with Gasteiger partial charge in [0.25, 0.3) is 0 Å². The Kier molecular flexibility index (Phi) is 7.02. The van der Waals surface area contributed by atoms with E-state index >= 15 is 0 Å². The molecule has 0 amide bonds. The SMILES string of the molecule is CCCCCCC(C)NS(=O)(=O)c1ccc(OC)cc1. The van der Waals surface area contributed by atoms with Crippen LogP contribution in [0.1, 0.15) is 46.0 Å². The first kappa shape index (κ1) is 17.0. The van der Waals surface area contributed by atoms with Crippen molar-refractivity contribution in [2.75, 3.05) is 7.11 Å². The maximum atomic E-state index is 12.2. The first-order valence-electron chi connectivity index (χ1n) is 7.16. The second kappa shape index (κ2) is 8.27. The highest BCUT2D eigenvalue weighted by Gasteiger charge is 2.16. The summed E-state index contributed by atoms with van der Waals surface area (Å²) in [6.45, 7) is 4.07. The average Bonchev–Trinajstić information content (AvgIpc) is 2.43. The molecule has 0 saturated carbocycles. The highest BCUT2D eigenvalue weighted by molar-refractivity contribution is 7.89. The summed E-state index contributed by atoms with van der Waals surface area (Å²) in [6.07, 6.45) is 5.48. The fraction of sp³-hybridized carbons (Fsp3) is 0.600. The number of nitrogens with one attached hydrogen (secondary N) is 1. The number of hydrogen-bond acceptors (Lipinski definition) is 3. The van der Waals surface area contributed by atoms with E-state index in [1.165, 1.54) is 12.8 Å². The summed E-state index contributed by atoms with van der Waals surface area (Å²) in [5, 5.41) is 0. The van der Waals surface area contributed by atoms with Crippen LogP contribution in [0.2, 0.25) is 0 Å². The van der Waals surface area contributed by atoms with E-state index in [0.717, 1.165) is 19.3 Å². The molecular weight excluding hydrogens is 274 g/mol. The Morgan fingerprint density at radius 2 is 1.80 bits per heavy atom. The quantitative estimate of drug-likeness (QED) is 0.712. The number of sulfonamides is 1. The van der Waals surface area contributed by atoms with Crippen LogP contribution in [0.5, 0.6) is 5.75 Å². The molecule has 1 unspecified atom stereocenters. The predicted molar refractivity (Wildman–Crippen MR) is 81.5 cm³/mol. The second-order valence-corrected chi connectivity index (χ2v) is 6.76. The van der Waals surface area contributed by atoms with Crippen LogP contribution in [-0.2, 0) is 10.0 Å². The second-order valence-electron chi connectivity index (χ2n) is 5.05. The molecule has 0 fully saturated rings. The minimum absolute atomic E-state index is 0.0426. The molecule has 1 aromatic carbocycles. The van der Waals surface area contributed by atoms with Crippen LogP contribution in [0.15, 0.2) is 29.2 Å². The van der Waals surface area contributed by atoms with E-state index in [0.29, 0.717) is 5.75 Å². The summed E-state index contributed by atoms with van der Waals surface area (Å²) in [6, 6.07) is 6.38. The number of methoxy groups -OCH3 is 1. The Balaban J connectivity index is 2.55. The van der Waals surface area contributed by atoms with Crippen LogP contribution in [0.25, 0.3) is 0 Å². The van der Waals surface area contributed by atoms with Gasteiger partial charge >= 0.3 is 0 Å². The van der Waals surface area contributed by atoms with E-state index in [2.05, 4.69) is 11.6 Å². The third-order valence-corrected chi connectivity index (χ3v) is 4.82. The van der Waals surface area contributed by atoms with E-state index in [-0.39, 0.29) is 10.9 Å². The summed E-state index contributed by atoms with van der Waals surface area (Å²) in [4.78, 5) is 0.277. The summed E-state index contributed by atoms with van der Waals surface area (Å²) in [5.41, 5.74) is 0. The Morgan fingerprint density at radius 3 is 2.35 bits per heavy atom. The lowest BCUT2D eigenvalue weighted by molar-refractivity contribution is 0.414. The van der Waals surface area contributed by atoms with Crippen LogP contribution < -0.4 is 9.46 Å². The molecule has 4 nitrogen and oxygen atoms in total. The maximum Gasteiger partial charge on any atom is 0.240 e. The normalized spacial score (nSPS) is 13.2. The lowest BCUT2D eigenvalue weighted by Crippen LogP contribution is -2.32. The molecule has 0 spiro atoms. The van der Waals surface area contributed by atoms with E-state index in [4.69, 9.17) is 4.74 Å². The van der Waals surface area contributed by atoms with Crippen molar-refractivity contribution in [3.8, 4) is 5.75 Å². The molecule has 0 heterocycles. The zero-order valence-electron chi connectivity index (χ0n) is 12.6. The Labute approximate surface area is 122 Å². The molecule has 114 valence electrons. The number of hydrogen-bond donors (Lipinski definition) is 1. The third kappa shape index (κ3) is 5.51. The molecule has 0 aliphatic rings. The zero-order valence-corrected chi connectivity index (χ0v) is 13.4. The Hall–Kier alpha value is -1.07. The maximum absolute atomic E-state index is 12.2. The largest absolute Gasteiger partial charge is 0.497 e. The molecule has 1 aromatic rings. The van der Waals surface area contributed by atoms with Gasteiger partial charge in [-0.3, -0.25) is 0 Å². The van der Waals surface area contributed by atoms with Crippen molar-refractivity contribution in [1.29, 1.82) is 0 Å². The fourth-order valence-corrected chi connectivity index (χ4v) is 3.30. The van der Waals surface area contributed by atoms with Crippen molar-refractivity contribution in [2.24, 2.45) is 0 Å². The third-order valence-electron chi connectivity index (χ3n) is 3.22. The number of rotatable bonds is 9. The summed E-state index contributed by atoms with van der Waals surface area (Å²) in [7, 11) is -1.88. The van der Waals surface area contributed by atoms with Crippen molar-refractivity contribution in [1.82, 2.24) is 4.72 Å². The van der Waals surface area contributed by atoms with Crippen LogP contribution in [0, 0.1) is 0 Å². The fourth-order valence-electron chi connectivity index (χ4n) is 2.02. The van der Waals surface area contributed by atoms with Gasteiger partial charge in [0.1, 0.15) is 5.75 Å². The van der Waals surface area contributed by atoms with Gasteiger partial charge in [-0.2, -0.15) is 0 Å². The number of unbranched alkanes of at least 4 members (excludes halogenated alkanes) is 3. The molecule has 1 atom stereocenters. The Bertz CT molecular complexity index is 482. The zero-order chi connectivity index (χ0) is 15.0. The van der Waals surface area contributed by atoms with Gasteiger partial charge in [-0.25, -0.2) is 13.1 Å². The highest BCUT2D eigenvalue weighted by Crippen LogP contribution is 2.16. The summed E-state index contributed by atoms with van der Waals surface area (Å²) in [5.74, 6) is 0.650. The summed E-state index contributed by atoms with van der Waals surface area (Å²) >= 11 is 0. The van der Waals surface area contributed by atoms with Crippen LogP contribution in [-0.4, -0.2) is 21.6 Å². The van der Waals surface area contributed by atoms with Crippen molar-refractivity contribution in [2.45, 2.75) is 56.9 Å². The van der Waals surface area contributed by atoms with Crippen LogP contribution in [0.4, 0.5) is 0 Å². The van der Waals surface area contributed by atoms with Crippen molar-refractivity contribution in [3.63, 3.8) is 0 Å². The van der Waals surface area contributed by atoms with Crippen molar-refractivity contribution in [3.05, 3.63) is 24.3 Å². The lowest BCUT2D eigenvalue weighted by atomic mass is 10.1. The molecule has 1 rings (SSSR count). The molecule has 0 radical (unpaired) electrons. The standard InChI is InChI=1S/C15H25NO3S/c1-4-5-6-7-8-13(2)16-20(17,18)15-11-9-14(19-3)10-12-15/h9-13,16H,4-8H2,1-3H3. The number of benzene rings is 1. The minimum Gasteiger partial charge on any atom is -0.497 e. The topological polar surface area (TPSA) is 55.4 Å². The minimum atomic E-state index is -3.43. The van der Waals surface area contributed by atoms with Gasteiger partial charge in [-0.05, 0) is 37.6 Å². The van der Waals surface area contributed by atoms with Gasteiger partial charge < -0.3 is 4.74 Å². The van der Waals surface area contributed by atoms with Gasteiger partial charge in [-0.1, -0.05) is 32.6 Å². The molecule has 0 aromatic heterocycles. The lowest BCUT2D eigenvalue weighted by Gasteiger charge is -2.14. The average molecular weight is 299 g/mol. The predicted octanol–water partition coefficient (Wildman–Crippen LogP) is 3.33. The molecular formula is C15H25NO3S. The van der Waals surface area contributed by atoms with E-state index in [1.54, 1.807) is 31.4 Å². The van der Waals surface area contributed by atoms with Crippen LogP contribution in [0.3, 0.4) is 0 Å². The highest BCUT2D eigenvalue weighted by atomic mass is 32.2. The molecule has 0 aliphatic carbocycles. The molecule has 20 heavy (non-hydrogen) atoms. The first-order valence-corrected chi connectivity index (χ1v) is 8.64. The van der Waals surface area contributed by atoms with E-state index in [9.17, 15) is 8.42 Å². The van der Waals surface area contributed by atoms with Crippen molar-refractivity contribution >= 4 is 10.0 Å². The van der Waals surface area contributed by atoms with Crippen molar-refractivity contribution < 1.29 is 13.2 Å². The van der Waals surface area contributed by atoms with Gasteiger partial charge in [0, 0.05) is 6.04 Å². The number of ether oxygens (including phenoxy) is 1. The van der Waals surface area contributed by atoms with Gasteiger partial charge in [0.05, 0.1) is 12.0 Å². The molecule has 0 aliphatic heterocycles. The smallest absolute Gasteiger partial charge is 0.240 e. The van der Waals surface area contributed by atoms with Gasteiger partial charge in [0.2, 0.25) is 10.0 Å². The van der Waals surface area contributed by atoms with E-state index in [1.807, 2.05) is 6.92 Å². The molecule has 5 heteroatoms. The Morgan fingerprint density at radius 1 is 1.15 bits per heavy atom. The van der Waals surface area contributed by atoms with E-state index < -0.39 is 10.0 Å². The molecule has 0 bridgehead atoms.